The number of hydrogen-bond donors (Lipinski definition) is 1. The highest BCUT2D eigenvalue weighted by Gasteiger charge is 1.95. The maximum Gasteiger partial charge on any atom is 0.0947 e. The van der Waals surface area contributed by atoms with Crippen LogP contribution in [0, 0.1) is 0 Å². The molecule has 3 nitrogen and oxygen atoms in total. The monoisotopic (exact) mass is 182 g/mol. The van der Waals surface area contributed by atoms with Crippen LogP contribution in [0.3, 0.4) is 0 Å². The van der Waals surface area contributed by atoms with Crippen LogP contribution < -0.4 is 5.32 Å². The molecule has 0 radical (unpaired) electrons. The SMILES string of the molecule is CCN(C)CCNCc1ccoc1. The maximum atomic E-state index is 4.96. The van der Waals surface area contributed by atoms with Gasteiger partial charge < -0.3 is 14.6 Å². The summed E-state index contributed by atoms with van der Waals surface area (Å²) in [7, 11) is 2.12. The minimum Gasteiger partial charge on any atom is -0.472 e. The fourth-order valence-corrected chi connectivity index (χ4v) is 1.05. The van der Waals surface area contributed by atoms with Gasteiger partial charge in [0.1, 0.15) is 0 Å². The van der Waals surface area contributed by atoms with E-state index in [1.807, 2.05) is 6.07 Å². The molecule has 0 aliphatic rings. The topological polar surface area (TPSA) is 28.4 Å². The molecule has 0 aliphatic carbocycles. The molecule has 0 saturated heterocycles. The Bertz CT molecular complexity index is 209. The van der Waals surface area contributed by atoms with E-state index in [-0.39, 0.29) is 0 Å². The van der Waals surface area contributed by atoms with Crippen molar-refractivity contribution in [2.45, 2.75) is 13.5 Å². The third kappa shape index (κ3) is 4.10. The van der Waals surface area contributed by atoms with Gasteiger partial charge in [-0.2, -0.15) is 0 Å². The lowest BCUT2D eigenvalue weighted by Gasteiger charge is -2.13. The largest absolute Gasteiger partial charge is 0.472 e. The second-order valence-corrected chi connectivity index (χ2v) is 3.20. The van der Waals surface area contributed by atoms with E-state index in [4.69, 9.17) is 4.42 Å². The number of nitrogens with one attached hydrogen (secondary N) is 1. The molecule has 74 valence electrons. The van der Waals surface area contributed by atoms with E-state index < -0.39 is 0 Å². The molecule has 0 bridgehead atoms. The standard InChI is InChI=1S/C10H18N2O/c1-3-12(2)6-5-11-8-10-4-7-13-9-10/h4,7,9,11H,3,5-6,8H2,1-2H3. The Kier molecular flexibility index (Phi) is 4.57. The first-order valence-corrected chi connectivity index (χ1v) is 4.73. The van der Waals surface area contributed by atoms with Crippen molar-refractivity contribution in [3.63, 3.8) is 0 Å². The normalized spacial score (nSPS) is 11.0. The van der Waals surface area contributed by atoms with Gasteiger partial charge in [-0.25, -0.2) is 0 Å². The first-order valence-electron chi connectivity index (χ1n) is 4.73. The fourth-order valence-electron chi connectivity index (χ4n) is 1.05. The first-order chi connectivity index (χ1) is 6.33. The quantitative estimate of drug-likeness (QED) is 0.673. The summed E-state index contributed by atoms with van der Waals surface area (Å²) in [4.78, 5) is 2.28. The molecule has 13 heavy (non-hydrogen) atoms. The lowest BCUT2D eigenvalue weighted by molar-refractivity contribution is 0.349. The highest BCUT2D eigenvalue weighted by Crippen LogP contribution is 1.97. The van der Waals surface area contributed by atoms with Crippen molar-refractivity contribution in [2.75, 3.05) is 26.7 Å². The van der Waals surface area contributed by atoms with Gasteiger partial charge in [0, 0.05) is 25.2 Å². The lowest BCUT2D eigenvalue weighted by atomic mass is 10.3. The molecular formula is C10H18N2O. The van der Waals surface area contributed by atoms with Gasteiger partial charge in [-0.3, -0.25) is 0 Å². The van der Waals surface area contributed by atoms with Crippen LogP contribution in [-0.2, 0) is 6.54 Å². The number of rotatable bonds is 6. The van der Waals surface area contributed by atoms with Crippen molar-refractivity contribution in [1.82, 2.24) is 10.2 Å². The molecule has 0 aliphatic heterocycles. The van der Waals surface area contributed by atoms with E-state index in [1.165, 1.54) is 5.56 Å². The molecule has 0 spiro atoms. The maximum absolute atomic E-state index is 4.96. The van der Waals surface area contributed by atoms with Gasteiger partial charge in [-0.15, -0.1) is 0 Å². The molecule has 0 atom stereocenters. The van der Waals surface area contributed by atoms with Gasteiger partial charge in [0.2, 0.25) is 0 Å². The average Bonchev–Trinajstić information content (AvgIpc) is 2.64. The summed E-state index contributed by atoms with van der Waals surface area (Å²) in [5, 5.41) is 3.35. The Balaban J connectivity index is 2.02. The van der Waals surface area contributed by atoms with E-state index in [1.54, 1.807) is 12.5 Å². The molecule has 0 unspecified atom stereocenters. The Morgan fingerprint density at radius 1 is 1.54 bits per heavy atom. The Morgan fingerprint density at radius 3 is 3.00 bits per heavy atom. The van der Waals surface area contributed by atoms with Crippen molar-refractivity contribution in [3.05, 3.63) is 24.2 Å². The third-order valence-corrected chi connectivity index (χ3v) is 2.12. The van der Waals surface area contributed by atoms with Crippen LogP contribution in [0.1, 0.15) is 12.5 Å². The van der Waals surface area contributed by atoms with Gasteiger partial charge in [-0.1, -0.05) is 6.92 Å². The van der Waals surface area contributed by atoms with Gasteiger partial charge in [0.25, 0.3) is 0 Å². The zero-order valence-corrected chi connectivity index (χ0v) is 8.42. The summed E-state index contributed by atoms with van der Waals surface area (Å²) in [6.07, 6.45) is 3.48. The average molecular weight is 182 g/mol. The van der Waals surface area contributed by atoms with Crippen LogP contribution >= 0.6 is 0 Å². The molecule has 1 N–H and O–H groups in total. The number of furan rings is 1. The van der Waals surface area contributed by atoms with E-state index in [9.17, 15) is 0 Å². The zero-order valence-electron chi connectivity index (χ0n) is 8.42. The molecule has 0 saturated carbocycles. The molecule has 3 heteroatoms. The van der Waals surface area contributed by atoms with Crippen molar-refractivity contribution < 1.29 is 4.42 Å². The Morgan fingerprint density at radius 2 is 2.38 bits per heavy atom. The van der Waals surface area contributed by atoms with E-state index in [0.29, 0.717) is 0 Å². The molecule has 1 heterocycles. The summed E-state index contributed by atoms with van der Waals surface area (Å²) < 4.78 is 4.96. The summed E-state index contributed by atoms with van der Waals surface area (Å²) in [6, 6.07) is 1.98. The Labute approximate surface area is 79.7 Å². The summed E-state index contributed by atoms with van der Waals surface area (Å²) in [5.41, 5.74) is 1.21. The number of hydrogen-bond acceptors (Lipinski definition) is 3. The van der Waals surface area contributed by atoms with Crippen molar-refractivity contribution in [2.24, 2.45) is 0 Å². The molecule has 0 fully saturated rings. The molecule has 1 aromatic heterocycles. The van der Waals surface area contributed by atoms with Gasteiger partial charge in [0.05, 0.1) is 12.5 Å². The predicted molar refractivity (Wildman–Crippen MR) is 53.6 cm³/mol. The van der Waals surface area contributed by atoms with Crippen LogP contribution in [0.25, 0.3) is 0 Å². The number of likely N-dealkylation sites (N-methyl/N-ethyl adjacent to an activating group) is 1. The second kappa shape index (κ2) is 5.78. The van der Waals surface area contributed by atoms with Crippen LogP contribution in [0.5, 0.6) is 0 Å². The molecule has 0 amide bonds. The fraction of sp³-hybridized carbons (Fsp3) is 0.600. The predicted octanol–water partition coefficient (Wildman–Crippen LogP) is 1.32. The van der Waals surface area contributed by atoms with Crippen molar-refractivity contribution in [3.8, 4) is 0 Å². The van der Waals surface area contributed by atoms with E-state index >= 15 is 0 Å². The van der Waals surface area contributed by atoms with Crippen LogP contribution in [0.15, 0.2) is 23.0 Å². The Hall–Kier alpha value is -0.800. The summed E-state index contributed by atoms with van der Waals surface area (Å²) >= 11 is 0. The highest BCUT2D eigenvalue weighted by molar-refractivity contribution is 5.04. The van der Waals surface area contributed by atoms with E-state index in [0.717, 1.165) is 26.2 Å². The lowest BCUT2D eigenvalue weighted by Crippen LogP contribution is -2.28. The molecular weight excluding hydrogens is 164 g/mol. The number of nitrogens with zero attached hydrogens (tertiary/aromatic N) is 1. The zero-order chi connectivity index (χ0) is 9.52. The first kappa shape index (κ1) is 10.3. The van der Waals surface area contributed by atoms with Crippen LogP contribution in [0.4, 0.5) is 0 Å². The minimum atomic E-state index is 0.897. The van der Waals surface area contributed by atoms with Gasteiger partial charge in [-0.05, 0) is 19.7 Å². The molecule has 1 aromatic rings. The summed E-state index contributed by atoms with van der Waals surface area (Å²) in [5.74, 6) is 0. The minimum absolute atomic E-state index is 0.897. The van der Waals surface area contributed by atoms with Crippen molar-refractivity contribution in [1.29, 1.82) is 0 Å². The molecule has 1 rings (SSSR count). The second-order valence-electron chi connectivity index (χ2n) is 3.20. The summed E-state index contributed by atoms with van der Waals surface area (Å²) in [6.45, 7) is 6.28. The van der Waals surface area contributed by atoms with Gasteiger partial charge >= 0.3 is 0 Å². The van der Waals surface area contributed by atoms with Crippen LogP contribution in [-0.4, -0.2) is 31.6 Å². The smallest absolute Gasteiger partial charge is 0.0947 e. The molecule has 0 aromatic carbocycles. The van der Waals surface area contributed by atoms with E-state index in [2.05, 4.69) is 24.2 Å². The highest BCUT2D eigenvalue weighted by atomic mass is 16.3. The van der Waals surface area contributed by atoms with Gasteiger partial charge in [0.15, 0.2) is 0 Å². The van der Waals surface area contributed by atoms with Crippen molar-refractivity contribution >= 4 is 0 Å². The third-order valence-electron chi connectivity index (χ3n) is 2.12. The van der Waals surface area contributed by atoms with Crippen LogP contribution in [0.2, 0.25) is 0 Å².